The average molecular weight is 230 g/mol. The fourth-order valence-electron chi connectivity index (χ4n) is 0.860. The molecule has 4 heteroatoms. The molecular weight excluding hydrogens is 222 g/mol. The molecule has 0 aliphatic heterocycles. The summed E-state index contributed by atoms with van der Waals surface area (Å²) in [5, 5.41) is 8.61. The number of carboxylic acid groups (broad SMARTS) is 1. The highest BCUT2D eigenvalue weighted by atomic mass is 79.9. The van der Waals surface area contributed by atoms with Gasteiger partial charge < -0.3 is 10.8 Å². The summed E-state index contributed by atoms with van der Waals surface area (Å²) in [6, 6.07) is 6.05. The molecule has 1 aromatic rings. The Hall–Kier alpha value is -0.870. The Bertz CT molecular complexity index is 301. The molecule has 0 heterocycles. The van der Waals surface area contributed by atoms with E-state index < -0.39 is 12.0 Å². The number of carboxylic acids is 1. The molecule has 1 rings (SSSR count). The SMILES string of the molecule is N[C@H](C(=O)O)c1ccccc1Br. The van der Waals surface area contributed by atoms with Crippen molar-refractivity contribution in [1.82, 2.24) is 0 Å². The minimum Gasteiger partial charge on any atom is -0.480 e. The van der Waals surface area contributed by atoms with E-state index in [1.165, 1.54) is 0 Å². The first kappa shape index (κ1) is 9.22. The predicted octanol–water partition coefficient (Wildman–Crippen LogP) is 1.53. The Kier molecular flexibility index (Phi) is 2.83. The third-order valence-electron chi connectivity index (χ3n) is 1.51. The summed E-state index contributed by atoms with van der Waals surface area (Å²) < 4.78 is 0.722. The van der Waals surface area contributed by atoms with Crippen molar-refractivity contribution < 1.29 is 9.90 Å². The van der Waals surface area contributed by atoms with Gasteiger partial charge in [0.05, 0.1) is 0 Å². The first-order valence-electron chi connectivity index (χ1n) is 3.35. The first-order valence-corrected chi connectivity index (χ1v) is 4.15. The number of hydrogen-bond donors (Lipinski definition) is 2. The zero-order valence-corrected chi connectivity index (χ0v) is 7.78. The highest BCUT2D eigenvalue weighted by Crippen LogP contribution is 2.21. The van der Waals surface area contributed by atoms with Crippen LogP contribution in [0, 0.1) is 0 Å². The molecule has 0 saturated heterocycles. The number of rotatable bonds is 2. The van der Waals surface area contributed by atoms with E-state index in [-0.39, 0.29) is 0 Å². The van der Waals surface area contributed by atoms with Crippen LogP contribution in [0.4, 0.5) is 0 Å². The Labute approximate surface area is 78.3 Å². The summed E-state index contributed by atoms with van der Waals surface area (Å²) >= 11 is 3.22. The molecule has 1 aromatic carbocycles. The molecule has 0 saturated carbocycles. The molecule has 0 aromatic heterocycles. The van der Waals surface area contributed by atoms with Crippen LogP contribution in [-0.2, 0) is 4.79 Å². The van der Waals surface area contributed by atoms with Crippen molar-refractivity contribution in [2.45, 2.75) is 6.04 Å². The fraction of sp³-hybridized carbons (Fsp3) is 0.125. The van der Waals surface area contributed by atoms with Gasteiger partial charge >= 0.3 is 5.97 Å². The maximum absolute atomic E-state index is 10.5. The van der Waals surface area contributed by atoms with E-state index in [4.69, 9.17) is 10.8 Å². The largest absolute Gasteiger partial charge is 0.480 e. The lowest BCUT2D eigenvalue weighted by Gasteiger charge is -2.07. The van der Waals surface area contributed by atoms with Crippen LogP contribution in [0.15, 0.2) is 28.7 Å². The Morgan fingerprint density at radius 3 is 2.58 bits per heavy atom. The fourth-order valence-corrected chi connectivity index (χ4v) is 1.39. The second-order valence-corrected chi connectivity index (χ2v) is 3.19. The molecule has 3 nitrogen and oxygen atoms in total. The zero-order valence-electron chi connectivity index (χ0n) is 6.20. The van der Waals surface area contributed by atoms with Crippen LogP contribution < -0.4 is 5.73 Å². The quantitative estimate of drug-likeness (QED) is 0.809. The molecule has 0 fully saturated rings. The van der Waals surface area contributed by atoms with Crippen molar-refractivity contribution in [2.75, 3.05) is 0 Å². The number of benzene rings is 1. The normalized spacial score (nSPS) is 12.5. The Morgan fingerprint density at radius 1 is 1.50 bits per heavy atom. The summed E-state index contributed by atoms with van der Waals surface area (Å²) in [5.74, 6) is -1.03. The monoisotopic (exact) mass is 229 g/mol. The van der Waals surface area contributed by atoms with Crippen molar-refractivity contribution in [3.63, 3.8) is 0 Å². The Morgan fingerprint density at radius 2 is 2.08 bits per heavy atom. The van der Waals surface area contributed by atoms with E-state index in [1.807, 2.05) is 6.07 Å². The number of hydrogen-bond acceptors (Lipinski definition) is 2. The molecular formula is C8H8BrNO2. The van der Waals surface area contributed by atoms with Gasteiger partial charge in [0, 0.05) is 4.47 Å². The molecule has 64 valence electrons. The number of nitrogens with two attached hydrogens (primary N) is 1. The summed E-state index contributed by atoms with van der Waals surface area (Å²) in [7, 11) is 0. The Balaban J connectivity index is 3.02. The van der Waals surface area contributed by atoms with Crippen LogP contribution in [-0.4, -0.2) is 11.1 Å². The minimum atomic E-state index is -1.03. The minimum absolute atomic E-state index is 0.588. The lowest BCUT2D eigenvalue weighted by atomic mass is 10.1. The second-order valence-electron chi connectivity index (χ2n) is 2.34. The third kappa shape index (κ3) is 1.84. The number of carbonyl (C=O) groups is 1. The van der Waals surface area contributed by atoms with Crippen molar-refractivity contribution in [1.29, 1.82) is 0 Å². The van der Waals surface area contributed by atoms with Gasteiger partial charge in [0.1, 0.15) is 6.04 Å². The van der Waals surface area contributed by atoms with E-state index in [2.05, 4.69) is 15.9 Å². The molecule has 0 unspecified atom stereocenters. The van der Waals surface area contributed by atoms with E-state index >= 15 is 0 Å². The van der Waals surface area contributed by atoms with Crippen molar-refractivity contribution in [3.8, 4) is 0 Å². The molecule has 0 spiro atoms. The van der Waals surface area contributed by atoms with Crippen LogP contribution in [0.2, 0.25) is 0 Å². The summed E-state index contributed by atoms with van der Waals surface area (Å²) in [4.78, 5) is 10.5. The lowest BCUT2D eigenvalue weighted by Crippen LogP contribution is -2.20. The van der Waals surface area contributed by atoms with Gasteiger partial charge in [0.25, 0.3) is 0 Å². The van der Waals surface area contributed by atoms with Gasteiger partial charge in [-0.3, -0.25) is 4.79 Å². The van der Waals surface area contributed by atoms with Crippen molar-refractivity contribution in [2.24, 2.45) is 5.73 Å². The summed E-state index contributed by atoms with van der Waals surface area (Å²) in [5.41, 5.74) is 6.00. The smallest absolute Gasteiger partial charge is 0.325 e. The van der Waals surface area contributed by atoms with Crippen LogP contribution >= 0.6 is 15.9 Å². The second kappa shape index (κ2) is 3.69. The molecule has 0 amide bonds. The van der Waals surface area contributed by atoms with Crippen LogP contribution in [0.25, 0.3) is 0 Å². The standard InChI is InChI=1S/C8H8BrNO2/c9-6-4-2-1-3-5(6)7(10)8(11)12/h1-4,7H,10H2,(H,11,12)/t7-/m0/s1. The summed E-state index contributed by atoms with van der Waals surface area (Å²) in [6.45, 7) is 0. The highest BCUT2D eigenvalue weighted by Gasteiger charge is 2.15. The van der Waals surface area contributed by atoms with Gasteiger partial charge in [-0.1, -0.05) is 34.1 Å². The molecule has 0 aliphatic carbocycles. The molecule has 0 radical (unpaired) electrons. The van der Waals surface area contributed by atoms with Gasteiger partial charge in [0.2, 0.25) is 0 Å². The highest BCUT2D eigenvalue weighted by molar-refractivity contribution is 9.10. The summed E-state index contributed by atoms with van der Waals surface area (Å²) in [6.07, 6.45) is 0. The number of halogens is 1. The molecule has 12 heavy (non-hydrogen) atoms. The topological polar surface area (TPSA) is 63.3 Å². The van der Waals surface area contributed by atoms with E-state index in [1.54, 1.807) is 18.2 Å². The van der Waals surface area contributed by atoms with Crippen LogP contribution in [0.1, 0.15) is 11.6 Å². The first-order chi connectivity index (χ1) is 5.63. The number of aliphatic carboxylic acids is 1. The van der Waals surface area contributed by atoms with E-state index in [0.29, 0.717) is 5.56 Å². The molecule has 3 N–H and O–H groups in total. The third-order valence-corrected chi connectivity index (χ3v) is 2.23. The average Bonchev–Trinajstić information content (AvgIpc) is 2.04. The van der Waals surface area contributed by atoms with Crippen molar-refractivity contribution >= 4 is 21.9 Å². The van der Waals surface area contributed by atoms with Crippen LogP contribution in [0.5, 0.6) is 0 Å². The van der Waals surface area contributed by atoms with E-state index in [9.17, 15) is 4.79 Å². The van der Waals surface area contributed by atoms with Gasteiger partial charge in [-0.05, 0) is 11.6 Å². The van der Waals surface area contributed by atoms with Gasteiger partial charge in [-0.25, -0.2) is 0 Å². The van der Waals surface area contributed by atoms with E-state index in [0.717, 1.165) is 4.47 Å². The lowest BCUT2D eigenvalue weighted by molar-refractivity contribution is -0.138. The zero-order chi connectivity index (χ0) is 9.14. The maximum Gasteiger partial charge on any atom is 0.325 e. The van der Waals surface area contributed by atoms with Crippen molar-refractivity contribution in [3.05, 3.63) is 34.3 Å². The molecule has 0 aliphatic rings. The van der Waals surface area contributed by atoms with Gasteiger partial charge in [-0.2, -0.15) is 0 Å². The predicted molar refractivity (Wildman–Crippen MR) is 48.7 cm³/mol. The molecule has 0 bridgehead atoms. The van der Waals surface area contributed by atoms with Gasteiger partial charge in [0.15, 0.2) is 0 Å². The molecule has 1 atom stereocenters. The van der Waals surface area contributed by atoms with Gasteiger partial charge in [-0.15, -0.1) is 0 Å². The van der Waals surface area contributed by atoms with Crippen LogP contribution in [0.3, 0.4) is 0 Å². The maximum atomic E-state index is 10.5.